The van der Waals surface area contributed by atoms with Crippen molar-refractivity contribution in [2.45, 2.75) is 69.0 Å². The van der Waals surface area contributed by atoms with Gasteiger partial charge in [0.2, 0.25) is 11.8 Å². The van der Waals surface area contributed by atoms with Gasteiger partial charge in [0.05, 0.1) is 17.4 Å². The van der Waals surface area contributed by atoms with Crippen LogP contribution in [0.15, 0.2) is 59.8 Å². The minimum atomic E-state index is -4.00. The zero-order chi connectivity index (χ0) is 26.0. The van der Waals surface area contributed by atoms with Gasteiger partial charge in [0.25, 0.3) is 10.0 Å². The number of nitrogens with zero attached hydrogens (tertiary/aromatic N) is 2. The minimum Gasteiger partial charge on any atom is -0.349 e. The van der Waals surface area contributed by atoms with Gasteiger partial charge in [-0.25, -0.2) is 8.42 Å². The molecule has 3 aliphatic rings. The van der Waals surface area contributed by atoms with Crippen molar-refractivity contribution in [2.24, 2.45) is 0 Å². The maximum atomic E-state index is 13.3. The molecule has 0 radical (unpaired) electrons. The standard InChI is InChI=1S/C28H34N4O4S/c1-20-7-10-23(11-8-20)37(35,36)32-16-13-29-28(34)26(32)18-27(33)30-25-6-4-5-22-17-21(9-12-24(22)25)19-31-14-2-3-15-31/h7-13,16-17,25-26H,2-6,14-15,18-19H2,1H3,(H,29,34)(H,30,33)/t25-,26-/m1/s1. The molecule has 2 heterocycles. The van der Waals surface area contributed by atoms with Crippen LogP contribution in [-0.4, -0.2) is 48.6 Å². The summed E-state index contributed by atoms with van der Waals surface area (Å²) in [5.41, 5.74) is 4.60. The van der Waals surface area contributed by atoms with Gasteiger partial charge in [-0.2, -0.15) is 0 Å². The number of carbonyl (C=O) groups excluding carboxylic acids is 2. The molecule has 196 valence electrons. The first-order chi connectivity index (χ1) is 17.8. The lowest BCUT2D eigenvalue weighted by Gasteiger charge is -2.32. The minimum absolute atomic E-state index is 0.0776. The third kappa shape index (κ3) is 5.57. The fourth-order valence-electron chi connectivity index (χ4n) is 5.51. The first-order valence-corrected chi connectivity index (χ1v) is 14.5. The van der Waals surface area contributed by atoms with Crippen LogP contribution >= 0.6 is 0 Å². The molecule has 0 aromatic heterocycles. The molecule has 2 atom stereocenters. The molecule has 1 aliphatic carbocycles. The number of benzene rings is 2. The average Bonchev–Trinajstić information content (AvgIpc) is 3.38. The second-order valence-electron chi connectivity index (χ2n) is 10.2. The van der Waals surface area contributed by atoms with Gasteiger partial charge in [-0.15, -0.1) is 0 Å². The lowest BCUT2D eigenvalue weighted by Crippen LogP contribution is -2.51. The molecule has 2 aliphatic heterocycles. The van der Waals surface area contributed by atoms with Gasteiger partial charge in [0.15, 0.2) is 0 Å². The topological polar surface area (TPSA) is 98.8 Å². The Balaban J connectivity index is 1.29. The summed E-state index contributed by atoms with van der Waals surface area (Å²) in [5, 5.41) is 5.63. The van der Waals surface area contributed by atoms with Crippen molar-refractivity contribution < 1.29 is 18.0 Å². The van der Waals surface area contributed by atoms with E-state index in [1.807, 2.05) is 6.92 Å². The number of aryl methyl sites for hydroxylation is 2. The fraction of sp³-hybridized carbons (Fsp3) is 0.429. The predicted octanol–water partition coefficient (Wildman–Crippen LogP) is 3.14. The van der Waals surface area contributed by atoms with Crippen molar-refractivity contribution >= 4 is 21.8 Å². The summed E-state index contributed by atoms with van der Waals surface area (Å²) in [6.45, 7) is 5.13. The number of nitrogens with one attached hydrogen (secondary N) is 2. The normalized spacial score (nSPS) is 22.0. The van der Waals surface area contributed by atoms with E-state index in [2.05, 4.69) is 33.7 Å². The van der Waals surface area contributed by atoms with Crippen LogP contribution in [0.3, 0.4) is 0 Å². The molecule has 1 fully saturated rings. The quantitative estimate of drug-likeness (QED) is 0.582. The second-order valence-corrected chi connectivity index (χ2v) is 12.1. The van der Waals surface area contributed by atoms with Gasteiger partial charge in [-0.05, 0) is 80.9 Å². The average molecular weight is 523 g/mol. The SMILES string of the molecule is Cc1ccc(S(=O)(=O)N2C=CNC(=O)[C@H]2CC(=O)N[C@@H]2CCCc3cc(CN4CCCC4)ccc32)cc1. The van der Waals surface area contributed by atoms with Crippen molar-refractivity contribution in [2.75, 3.05) is 13.1 Å². The van der Waals surface area contributed by atoms with Crippen LogP contribution in [0.2, 0.25) is 0 Å². The molecular weight excluding hydrogens is 488 g/mol. The summed E-state index contributed by atoms with van der Waals surface area (Å²) in [4.78, 5) is 28.4. The Kier molecular flexibility index (Phi) is 7.35. The van der Waals surface area contributed by atoms with E-state index in [1.54, 1.807) is 12.1 Å². The van der Waals surface area contributed by atoms with Gasteiger partial charge < -0.3 is 10.6 Å². The molecule has 37 heavy (non-hydrogen) atoms. The maximum absolute atomic E-state index is 13.3. The third-order valence-electron chi connectivity index (χ3n) is 7.49. The van der Waals surface area contributed by atoms with Crippen molar-refractivity contribution in [3.63, 3.8) is 0 Å². The van der Waals surface area contributed by atoms with Crippen LogP contribution in [0.1, 0.15) is 60.4 Å². The van der Waals surface area contributed by atoms with Crippen LogP contribution in [0.25, 0.3) is 0 Å². The van der Waals surface area contributed by atoms with Gasteiger partial charge in [0.1, 0.15) is 6.04 Å². The Hall–Kier alpha value is -3.17. The van der Waals surface area contributed by atoms with Gasteiger partial charge in [0, 0.05) is 18.9 Å². The Bertz CT molecular complexity index is 1300. The monoisotopic (exact) mass is 522 g/mol. The molecule has 5 rings (SSSR count). The molecule has 0 spiro atoms. The number of likely N-dealkylation sites (tertiary alicyclic amines) is 1. The second kappa shape index (κ2) is 10.7. The summed E-state index contributed by atoms with van der Waals surface area (Å²) < 4.78 is 27.6. The van der Waals surface area contributed by atoms with E-state index in [4.69, 9.17) is 0 Å². The number of fused-ring (bicyclic) bond motifs is 1. The summed E-state index contributed by atoms with van der Waals surface area (Å²) in [5.74, 6) is -0.873. The van der Waals surface area contributed by atoms with Gasteiger partial charge in [-0.1, -0.05) is 35.9 Å². The highest BCUT2D eigenvalue weighted by Crippen LogP contribution is 2.31. The van der Waals surface area contributed by atoms with E-state index in [1.165, 1.54) is 48.5 Å². The molecular formula is C28H34N4O4S. The highest BCUT2D eigenvalue weighted by atomic mass is 32.2. The van der Waals surface area contributed by atoms with Crippen LogP contribution in [0.4, 0.5) is 0 Å². The van der Waals surface area contributed by atoms with E-state index < -0.39 is 22.0 Å². The van der Waals surface area contributed by atoms with Crippen molar-refractivity contribution in [3.05, 3.63) is 77.1 Å². The number of sulfonamides is 1. The number of carbonyl (C=O) groups is 2. The first kappa shape index (κ1) is 25.5. The molecule has 2 amide bonds. The van der Waals surface area contributed by atoms with Crippen LogP contribution < -0.4 is 10.6 Å². The Morgan fingerprint density at radius 2 is 1.84 bits per heavy atom. The Morgan fingerprint density at radius 1 is 1.08 bits per heavy atom. The molecule has 0 unspecified atom stereocenters. The summed E-state index contributed by atoms with van der Waals surface area (Å²) in [6, 6.07) is 11.7. The van der Waals surface area contributed by atoms with Crippen molar-refractivity contribution in [3.8, 4) is 0 Å². The van der Waals surface area contributed by atoms with Crippen LogP contribution in [0, 0.1) is 6.92 Å². The van der Waals surface area contributed by atoms with E-state index in [0.717, 1.165) is 54.3 Å². The molecule has 2 N–H and O–H groups in total. The zero-order valence-corrected chi connectivity index (χ0v) is 22.0. The lowest BCUT2D eigenvalue weighted by atomic mass is 9.86. The number of amides is 2. The summed E-state index contributed by atoms with van der Waals surface area (Å²) >= 11 is 0. The van der Waals surface area contributed by atoms with E-state index in [0.29, 0.717) is 0 Å². The molecule has 9 heteroatoms. The lowest BCUT2D eigenvalue weighted by molar-refractivity contribution is -0.129. The van der Waals surface area contributed by atoms with Gasteiger partial charge >= 0.3 is 0 Å². The Morgan fingerprint density at radius 3 is 2.59 bits per heavy atom. The molecule has 8 nitrogen and oxygen atoms in total. The molecule has 2 aromatic rings. The number of hydrogen-bond acceptors (Lipinski definition) is 5. The van der Waals surface area contributed by atoms with Crippen LogP contribution in [-0.2, 0) is 32.6 Å². The number of rotatable bonds is 7. The third-order valence-corrected chi connectivity index (χ3v) is 9.29. The number of hydrogen-bond donors (Lipinski definition) is 2. The van der Waals surface area contributed by atoms with Crippen molar-refractivity contribution in [1.82, 2.24) is 19.8 Å². The Labute approximate surface area is 218 Å². The largest absolute Gasteiger partial charge is 0.349 e. The zero-order valence-electron chi connectivity index (χ0n) is 21.2. The smallest absolute Gasteiger partial charge is 0.264 e. The fourth-order valence-corrected chi connectivity index (χ4v) is 6.96. The van der Waals surface area contributed by atoms with Crippen molar-refractivity contribution in [1.29, 1.82) is 0 Å². The molecule has 0 bridgehead atoms. The summed E-state index contributed by atoms with van der Waals surface area (Å²) in [6.07, 6.45) is 7.62. The first-order valence-electron chi connectivity index (χ1n) is 13.0. The molecule has 0 saturated carbocycles. The van der Waals surface area contributed by atoms with Gasteiger partial charge in [-0.3, -0.25) is 18.8 Å². The van der Waals surface area contributed by atoms with E-state index >= 15 is 0 Å². The summed E-state index contributed by atoms with van der Waals surface area (Å²) in [7, 11) is -4.00. The molecule has 2 aromatic carbocycles. The van der Waals surface area contributed by atoms with E-state index in [9.17, 15) is 18.0 Å². The van der Waals surface area contributed by atoms with Crippen LogP contribution in [0.5, 0.6) is 0 Å². The predicted molar refractivity (Wildman–Crippen MR) is 141 cm³/mol. The maximum Gasteiger partial charge on any atom is 0.264 e. The highest BCUT2D eigenvalue weighted by Gasteiger charge is 2.37. The highest BCUT2D eigenvalue weighted by molar-refractivity contribution is 7.89. The molecule has 1 saturated heterocycles. The van der Waals surface area contributed by atoms with E-state index in [-0.39, 0.29) is 23.3 Å².